The van der Waals surface area contributed by atoms with Gasteiger partial charge in [-0.3, -0.25) is 9.59 Å². The number of phenols is 1. The SMILES string of the molecule is O=C(NCC(O)CO)c1cc(O)cc(C(=O)NC(CO)CO)c1. The van der Waals surface area contributed by atoms with Gasteiger partial charge in [-0.2, -0.15) is 0 Å². The van der Waals surface area contributed by atoms with Gasteiger partial charge in [-0.25, -0.2) is 0 Å². The van der Waals surface area contributed by atoms with Crippen LogP contribution in [0.15, 0.2) is 18.2 Å². The zero-order valence-corrected chi connectivity index (χ0v) is 12.3. The van der Waals surface area contributed by atoms with Crippen molar-refractivity contribution in [3.63, 3.8) is 0 Å². The van der Waals surface area contributed by atoms with Crippen molar-refractivity contribution in [2.24, 2.45) is 0 Å². The summed E-state index contributed by atoms with van der Waals surface area (Å²) in [7, 11) is 0. The van der Waals surface area contributed by atoms with E-state index >= 15 is 0 Å². The Morgan fingerprint density at radius 1 is 0.957 bits per heavy atom. The van der Waals surface area contributed by atoms with Gasteiger partial charge in [0.05, 0.1) is 32.0 Å². The van der Waals surface area contributed by atoms with Crippen LogP contribution in [0.2, 0.25) is 0 Å². The fourth-order valence-electron chi connectivity index (χ4n) is 1.67. The maximum absolute atomic E-state index is 12.0. The van der Waals surface area contributed by atoms with Crippen LogP contribution in [0.1, 0.15) is 20.7 Å². The standard InChI is InChI=1S/C14H20N2O7/c17-5-10(6-18)16-14(23)9-1-8(2-11(20)3-9)13(22)15-4-12(21)7-19/h1-3,10,12,17-21H,4-7H2,(H,15,22)(H,16,23). The lowest BCUT2D eigenvalue weighted by Crippen LogP contribution is -2.40. The molecule has 9 heteroatoms. The topological polar surface area (TPSA) is 159 Å². The van der Waals surface area contributed by atoms with E-state index in [-0.39, 0.29) is 23.4 Å². The molecule has 0 saturated heterocycles. The molecule has 0 radical (unpaired) electrons. The van der Waals surface area contributed by atoms with Gasteiger partial charge in [-0.15, -0.1) is 0 Å². The number of carbonyl (C=O) groups is 2. The minimum absolute atomic E-state index is 0.0233. The van der Waals surface area contributed by atoms with Crippen molar-refractivity contribution in [2.75, 3.05) is 26.4 Å². The van der Waals surface area contributed by atoms with E-state index in [4.69, 9.17) is 15.3 Å². The normalized spacial score (nSPS) is 12.0. The maximum Gasteiger partial charge on any atom is 0.251 e. The summed E-state index contributed by atoms with van der Waals surface area (Å²) in [5, 5.41) is 50.0. The Kier molecular flexibility index (Phi) is 7.42. The quantitative estimate of drug-likeness (QED) is 0.279. The van der Waals surface area contributed by atoms with Gasteiger partial charge in [-0.1, -0.05) is 0 Å². The number of hydrogen-bond donors (Lipinski definition) is 7. The van der Waals surface area contributed by atoms with E-state index in [0.717, 1.165) is 12.1 Å². The average molecular weight is 328 g/mol. The molecule has 0 fully saturated rings. The second-order valence-electron chi connectivity index (χ2n) is 4.85. The first-order chi connectivity index (χ1) is 10.9. The van der Waals surface area contributed by atoms with Crippen LogP contribution >= 0.6 is 0 Å². The highest BCUT2D eigenvalue weighted by Crippen LogP contribution is 2.16. The molecule has 9 nitrogen and oxygen atoms in total. The molecule has 1 atom stereocenters. The van der Waals surface area contributed by atoms with Crippen LogP contribution in [0, 0.1) is 0 Å². The number of rotatable bonds is 8. The summed E-state index contributed by atoms with van der Waals surface area (Å²) < 4.78 is 0. The summed E-state index contributed by atoms with van der Waals surface area (Å²) in [5.41, 5.74) is -0.0606. The van der Waals surface area contributed by atoms with Gasteiger partial charge in [0.1, 0.15) is 5.75 Å². The minimum atomic E-state index is -1.12. The third kappa shape index (κ3) is 5.83. The monoisotopic (exact) mass is 328 g/mol. The molecule has 7 N–H and O–H groups in total. The van der Waals surface area contributed by atoms with E-state index in [0.29, 0.717) is 0 Å². The van der Waals surface area contributed by atoms with Crippen molar-refractivity contribution in [1.29, 1.82) is 0 Å². The highest BCUT2D eigenvalue weighted by Gasteiger charge is 2.16. The molecule has 1 rings (SSSR count). The smallest absolute Gasteiger partial charge is 0.251 e. The predicted molar refractivity (Wildman–Crippen MR) is 79.0 cm³/mol. The second-order valence-corrected chi connectivity index (χ2v) is 4.85. The van der Waals surface area contributed by atoms with Crippen molar-refractivity contribution >= 4 is 11.8 Å². The number of hydrogen-bond acceptors (Lipinski definition) is 7. The summed E-state index contributed by atoms with van der Waals surface area (Å²) >= 11 is 0. The van der Waals surface area contributed by atoms with Crippen molar-refractivity contribution in [1.82, 2.24) is 10.6 Å². The van der Waals surface area contributed by atoms with Gasteiger partial charge in [0.15, 0.2) is 0 Å². The molecule has 0 aliphatic carbocycles. The van der Waals surface area contributed by atoms with Gasteiger partial charge in [0.2, 0.25) is 0 Å². The molecule has 0 aliphatic heterocycles. The zero-order valence-electron chi connectivity index (χ0n) is 12.3. The fraction of sp³-hybridized carbons (Fsp3) is 0.429. The van der Waals surface area contributed by atoms with Crippen molar-refractivity contribution < 1.29 is 35.1 Å². The number of aromatic hydroxyl groups is 1. The lowest BCUT2D eigenvalue weighted by atomic mass is 10.1. The minimum Gasteiger partial charge on any atom is -0.508 e. The molecule has 0 heterocycles. The Bertz CT molecular complexity index is 546. The summed E-state index contributed by atoms with van der Waals surface area (Å²) in [6, 6.07) is 2.61. The lowest BCUT2D eigenvalue weighted by molar-refractivity contribution is 0.0801. The van der Waals surface area contributed by atoms with Gasteiger partial charge in [0.25, 0.3) is 11.8 Å². The maximum atomic E-state index is 12.0. The summed E-state index contributed by atoms with van der Waals surface area (Å²) in [5.74, 6) is -1.66. The van der Waals surface area contributed by atoms with Crippen LogP contribution in [0.5, 0.6) is 5.75 Å². The first kappa shape index (κ1) is 18.8. The predicted octanol–water partition coefficient (Wildman–Crippen LogP) is -2.44. The molecule has 1 aromatic carbocycles. The van der Waals surface area contributed by atoms with E-state index in [1.807, 2.05) is 0 Å². The number of aliphatic hydroxyl groups excluding tert-OH is 4. The number of amides is 2. The Morgan fingerprint density at radius 3 is 2.04 bits per heavy atom. The zero-order chi connectivity index (χ0) is 17.4. The molecular formula is C14H20N2O7. The van der Waals surface area contributed by atoms with Crippen molar-refractivity contribution in [3.05, 3.63) is 29.3 Å². The van der Waals surface area contributed by atoms with E-state index in [9.17, 15) is 19.8 Å². The van der Waals surface area contributed by atoms with E-state index in [1.54, 1.807) is 0 Å². The summed E-state index contributed by atoms with van der Waals surface area (Å²) in [6.45, 7) is -1.64. The lowest BCUT2D eigenvalue weighted by Gasteiger charge is -2.14. The molecule has 1 aromatic rings. The van der Waals surface area contributed by atoms with Crippen LogP contribution in [0.3, 0.4) is 0 Å². The van der Waals surface area contributed by atoms with Crippen molar-refractivity contribution in [2.45, 2.75) is 12.1 Å². The van der Waals surface area contributed by atoms with Crippen LogP contribution in [0.4, 0.5) is 0 Å². The number of nitrogens with one attached hydrogen (secondary N) is 2. The van der Waals surface area contributed by atoms with Crippen LogP contribution < -0.4 is 10.6 Å². The van der Waals surface area contributed by atoms with Gasteiger partial charge >= 0.3 is 0 Å². The number of carbonyl (C=O) groups excluding carboxylic acids is 2. The average Bonchev–Trinajstić information content (AvgIpc) is 2.56. The largest absolute Gasteiger partial charge is 0.508 e. The van der Waals surface area contributed by atoms with Gasteiger partial charge < -0.3 is 36.2 Å². The number of benzene rings is 1. The Labute approximate surface area is 132 Å². The second kappa shape index (κ2) is 9.06. The molecule has 23 heavy (non-hydrogen) atoms. The highest BCUT2D eigenvalue weighted by molar-refractivity contribution is 6.00. The third-order valence-corrected chi connectivity index (χ3v) is 2.93. The Balaban J connectivity index is 2.86. The van der Waals surface area contributed by atoms with Crippen molar-refractivity contribution in [3.8, 4) is 5.75 Å². The number of aliphatic hydroxyl groups is 4. The summed E-state index contributed by atoms with van der Waals surface area (Å²) in [4.78, 5) is 23.9. The molecule has 0 aromatic heterocycles. The third-order valence-electron chi connectivity index (χ3n) is 2.93. The first-order valence-electron chi connectivity index (χ1n) is 6.85. The van der Waals surface area contributed by atoms with Gasteiger partial charge in [-0.05, 0) is 18.2 Å². The highest BCUT2D eigenvalue weighted by atomic mass is 16.3. The molecule has 128 valence electrons. The molecule has 0 spiro atoms. The first-order valence-corrected chi connectivity index (χ1v) is 6.85. The molecular weight excluding hydrogens is 308 g/mol. The molecule has 0 bridgehead atoms. The van der Waals surface area contributed by atoms with E-state index in [1.165, 1.54) is 6.07 Å². The van der Waals surface area contributed by atoms with E-state index in [2.05, 4.69) is 10.6 Å². The Hall–Kier alpha value is -2.20. The molecule has 2 amide bonds. The summed E-state index contributed by atoms with van der Waals surface area (Å²) in [6.07, 6.45) is -1.12. The van der Waals surface area contributed by atoms with Crippen LogP contribution in [0.25, 0.3) is 0 Å². The van der Waals surface area contributed by atoms with Crippen LogP contribution in [-0.4, -0.2) is 75.9 Å². The van der Waals surface area contributed by atoms with Crippen LogP contribution in [-0.2, 0) is 0 Å². The Morgan fingerprint density at radius 2 is 1.52 bits per heavy atom. The van der Waals surface area contributed by atoms with Gasteiger partial charge in [0, 0.05) is 17.7 Å². The molecule has 1 unspecified atom stereocenters. The number of phenolic OH excluding ortho intramolecular Hbond substituents is 1. The van der Waals surface area contributed by atoms with E-state index < -0.39 is 43.8 Å². The fourth-order valence-corrected chi connectivity index (χ4v) is 1.67. The molecule has 0 saturated carbocycles. The molecule has 0 aliphatic rings.